The van der Waals surface area contributed by atoms with E-state index in [4.69, 9.17) is 11.6 Å². The van der Waals surface area contributed by atoms with Crippen molar-refractivity contribution >= 4 is 45.4 Å². The quantitative estimate of drug-likeness (QED) is 0.484. The lowest BCUT2D eigenvalue weighted by atomic mass is 9.72. The molecule has 1 aromatic carbocycles. The molecule has 1 aliphatic carbocycles. The van der Waals surface area contributed by atoms with Crippen molar-refractivity contribution in [3.05, 3.63) is 45.3 Å². The first-order valence-corrected chi connectivity index (χ1v) is 13.6. The molecule has 184 valence electrons. The van der Waals surface area contributed by atoms with Crippen molar-refractivity contribution in [1.29, 1.82) is 0 Å². The maximum Gasteiger partial charge on any atom is 0.258 e. The van der Waals surface area contributed by atoms with E-state index in [1.165, 1.54) is 11.3 Å². The molecule has 2 atom stereocenters. The van der Waals surface area contributed by atoms with Crippen LogP contribution in [0.1, 0.15) is 74.2 Å². The summed E-state index contributed by atoms with van der Waals surface area (Å²) in [4.78, 5) is 30.0. The normalized spacial score (nSPS) is 21.1. The Morgan fingerprint density at radius 1 is 1.18 bits per heavy atom. The Labute approximate surface area is 212 Å². The molecule has 4 rings (SSSR count). The van der Waals surface area contributed by atoms with E-state index >= 15 is 0 Å². The highest BCUT2D eigenvalue weighted by atomic mass is 35.5. The van der Waals surface area contributed by atoms with Gasteiger partial charge in [-0.15, -0.1) is 11.3 Å². The molecule has 34 heavy (non-hydrogen) atoms. The zero-order chi connectivity index (χ0) is 24.5. The third-order valence-electron chi connectivity index (χ3n) is 7.34. The van der Waals surface area contributed by atoms with Gasteiger partial charge in [-0.1, -0.05) is 44.9 Å². The summed E-state index contributed by atoms with van der Waals surface area (Å²) in [5.74, 6) is 0.326. The summed E-state index contributed by atoms with van der Waals surface area (Å²) >= 11 is 7.70. The van der Waals surface area contributed by atoms with Crippen LogP contribution in [0.25, 0.3) is 0 Å². The highest BCUT2D eigenvalue weighted by Gasteiger charge is 2.34. The summed E-state index contributed by atoms with van der Waals surface area (Å²) in [6.45, 7) is 10.4. The molecular weight excluding hydrogens is 466 g/mol. The molecule has 0 unspecified atom stereocenters. The van der Waals surface area contributed by atoms with Crippen molar-refractivity contribution in [2.75, 3.05) is 23.7 Å². The van der Waals surface area contributed by atoms with Gasteiger partial charge in [-0.25, -0.2) is 0 Å². The van der Waals surface area contributed by atoms with E-state index in [-0.39, 0.29) is 17.2 Å². The van der Waals surface area contributed by atoms with E-state index in [0.717, 1.165) is 44.2 Å². The molecule has 0 saturated carbocycles. The first-order valence-electron chi connectivity index (χ1n) is 12.4. The van der Waals surface area contributed by atoms with Crippen LogP contribution in [0.3, 0.4) is 0 Å². The monoisotopic (exact) mass is 501 g/mol. The van der Waals surface area contributed by atoms with E-state index in [0.29, 0.717) is 39.8 Å². The third-order valence-corrected chi connectivity index (χ3v) is 8.74. The number of likely N-dealkylation sites (tertiary alicyclic amines) is 1. The minimum atomic E-state index is -0.185. The van der Waals surface area contributed by atoms with E-state index in [2.05, 4.69) is 43.2 Å². The van der Waals surface area contributed by atoms with Crippen molar-refractivity contribution < 1.29 is 9.59 Å². The Kier molecular flexibility index (Phi) is 7.70. The van der Waals surface area contributed by atoms with Crippen LogP contribution in [0.4, 0.5) is 10.7 Å². The molecule has 1 aromatic heterocycles. The molecule has 0 spiro atoms. The number of fused-ring (bicyclic) bond motifs is 1. The van der Waals surface area contributed by atoms with Gasteiger partial charge in [0.1, 0.15) is 5.00 Å². The molecule has 1 aliphatic heterocycles. The van der Waals surface area contributed by atoms with E-state index < -0.39 is 0 Å². The van der Waals surface area contributed by atoms with E-state index in [9.17, 15) is 9.59 Å². The average molecular weight is 502 g/mol. The topological polar surface area (TPSA) is 61.4 Å². The van der Waals surface area contributed by atoms with Crippen molar-refractivity contribution in [3.8, 4) is 0 Å². The molecule has 0 bridgehead atoms. The molecule has 2 aromatic rings. The zero-order valence-electron chi connectivity index (χ0n) is 20.7. The second kappa shape index (κ2) is 10.4. The minimum absolute atomic E-state index is 0.0449. The van der Waals surface area contributed by atoms with Gasteiger partial charge in [-0.05, 0) is 80.7 Å². The SMILES string of the molecule is C[C@@H]1CCCCN1CC(=O)Nc1sc2c(c1C(=O)Nc1cccc(Cl)c1)CC[C@@H](C(C)(C)C)C2. The van der Waals surface area contributed by atoms with E-state index in [1.807, 2.05) is 12.1 Å². The molecular formula is C27H36ClN3O2S. The minimum Gasteiger partial charge on any atom is -0.322 e. The van der Waals surface area contributed by atoms with Crippen molar-refractivity contribution in [3.63, 3.8) is 0 Å². The Morgan fingerprint density at radius 2 is 1.97 bits per heavy atom. The van der Waals surface area contributed by atoms with Gasteiger partial charge in [0.05, 0.1) is 12.1 Å². The van der Waals surface area contributed by atoms with Crippen molar-refractivity contribution in [1.82, 2.24) is 4.90 Å². The first-order chi connectivity index (χ1) is 16.1. The fraction of sp³-hybridized carbons (Fsp3) is 0.556. The molecule has 7 heteroatoms. The van der Waals surface area contributed by atoms with Crippen LogP contribution in [0.5, 0.6) is 0 Å². The molecule has 1 saturated heterocycles. The number of anilines is 2. The number of carbonyl (C=O) groups is 2. The lowest BCUT2D eigenvalue weighted by molar-refractivity contribution is -0.118. The Bertz CT molecular complexity index is 1060. The van der Waals surface area contributed by atoms with Crippen molar-refractivity contribution in [2.24, 2.45) is 11.3 Å². The number of rotatable bonds is 5. The van der Waals surface area contributed by atoms with Crippen LogP contribution in [0.15, 0.2) is 24.3 Å². The molecule has 0 radical (unpaired) electrons. The van der Waals surface area contributed by atoms with Crippen LogP contribution < -0.4 is 10.6 Å². The van der Waals surface area contributed by atoms with Crippen LogP contribution in [0, 0.1) is 11.3 Å². The number of thiophene rings is 1. The predicted molar refractivity (Wildman–Crippen MR) is 142 cm³/mol. The van der Waals surface area contributed by atoms with Crippen LogP contribution >= 0.6 is 22.9 Å². The number of piperidine rings is 1. The molecule has 2 N–H and O–H groups in total. The molecule has 5 nitrogen and oxygen atoms in total. The van der Waals surface area contributed by atoms with Gasteiger partial charge in [-0.3, -0.25) is 14.5 Å². The second-order valence-corrected chi connectivity index (χ2v) is 12.4. The van der Waals surface area contributed by atoms with Gasteiger partial charge < -0.3 is 10.6 Å². The smallest absolute Gasteiger partial charge is 0.258 e. The lowest BCUT2D eigenvalue weighted by Gasteiger charge is -2.33. The number of halogens is 1. The third kappa shape index (κ3) is 5.84. The second-order valence-electron chi connectivity index (χ2n) is 10.8. The Hall–Kier alpha value is -1.89. The van der Waals surface area contributed by atoms with Gasteiger partial charge in [0.25, 0.3) is 5.91 Å². The fourth-order valence-corrected chi connectivity index (χ4v) is 6.69. The zero-order valence-corrected chi connectivity index (χ0v) is 22.2. The number of hydrogen-bond acceptors (Lipinski definition) is 4. The Balaban J connectivity index is 1.59. The standard InChI is InChI=1S/C27H36ClN3O2S/c1-17-8-5-6-13-31(17)16-23(32)30-26-24(25(33)29-20-10-7-9-19(28)15-20)21-12-11-18(27(2,3)4)14-22(21)34-26/h7,9-10,15,17-18H,5-6,8,11-14,16H2,1-4H3,(H,29,33)(H,30,32)/t17-,18-/m1/s1. The Morgan fingerprint density at radius 3 is 2.68 bits per heavy atom. The summed E-state index contributed by atoms with van der Waals surface area (Å²) in [7, 11) is 0. The van der Waals surface area contributed by atoms with Crippen molar-refractivity contribution in [2.45, 2.75) is 72.3 Å². The number of nitrogens with one attached hydrogen (secondary N) is 2. The number of carbonyl (C=O) groups excluding carboxylic acids is 2. The lowest BCUT2D eigenvalue weighted by Crippen LogP contribution is -2.42. The molecule has 2 aliphatic rings. The number of hydrogen-bond donors (Lipinski definition) is 2. The maximum absolute atomic E-state index is 13.5. The highest BCUT2D eigenvalue weighted by molar-refractivity contribution is 7.17. The highest BCUT2D eigenvalue weighted by Crippen LogP contribution is 2.44. The van der Waals surface area contributed by atoms with Gasteiger partial charge in [-0.2, -0.15) is 0 Å². The van der Waals surface area contributed by atoms with Crippen LogP contribution in [-0.4, -0.2) is 35.8 Å². The number of nitrogens with zero attached hydrogens (tertiary/aromatic N) is 1. The molecule has 2 amide bonds. The fourth-order valence-electron chi connectivity index (χ4n) is 5.16. The van der Waals surface area contributed by atoms with Crippen LogP contribution in [-0.2, 0) is 17.6 Å². The average Bonchev–Trinajstić information content (AvgIpc) is 3.11. The summed E-state index contributed by atoms with van der Waals surface area (Å²) in [5, 5.41) is 7.37. The largest absolute Gasteiger partial charge is 0.322 e. The van der Waals surface area contributed by atoms with Crippen LogP contribution in [0.2, 0.25) is 5.02 Å². The number of amides is 2. The van der Waals surface area contributed by atoms with Gasteiger partial charge in [0.15, 0.2) is 0 Å². The predicted octanol–water partition coefficient (Wildman–Crippen LogP) is 6.62. The maximum atomic E-state index is 13.5. The summed E-state index contributed by atoms with van der Waals surface area (Å²) in [6, 6.07) is 7.58. The van der Waals surface area contributed by atoms with Gasteiger partial charge in [0, 0.05) is 21.6 Å². The molecule has 2 heterocycles. The summed E-state index contributed by atoms with van der Waals surface area (Å²) in [6.07, 6.45) is 6.32. The number of benzene rings is 1. The van der Waals surface area contributed by atoms with Gasteiger partial charge in [0.2, 0.25) is 5.91 Å². The summed E-state index contributed by atoms with van der Waals surface area (Å²) in [5.41, 5.74) is 2.57. The van der Waals surface area contributed by atoms with E-state index in [1.54, 1.807) is 23.5 Å². The summed E-state index contributed by atoms with van der Waals surface area (Å²) < 4.78 is 0. The first kappa shape index (κ1) is 25.2. The van der Waals surface area contributed by atoms with Gasteiger partial charge >= 0.3 is 0 Å². The molecule has 1 fully saturated rings.